The molecule has 0 atom stereocenters. The molecule has 0 fully saturated rings. The predicted molar refractivity (Wildman–Crippen MR) is 84.2 cm³/mol. The Bertz CT molecular complexity index is 904. The van der Waals surface area contributed by atoms with Crippen LogP contribution >= 0.6 is 23.2 Å². The van der Waals surface area contributed by atoms with Gasteiger partial charge in [0.15, 0.2) is 11.0 Å². The zero-order chi connectivity index (χ0) is 18.7. The van der Waals surface area contributed by atoms with Crippen LogP contribution in [0.4, 0.5) is 18.9 Å². The van der Waals surface area contributed by atoms with Gasteiger partial charge in [-0.15, -0.1) is 0 Å². The Morgan fingerprint density at radius 1 is 1.08 bits per heavy atom. The van der Waals surface area contributed by atoms with Crippen molar-refractivity contribution in [2.45, 2.75) is 0 Å². The summed E-state index contributed by atoms with van der Waals surface area (Å²) < 4.78 is 39.8. The molecule has 130 valence electrons. The minimum Gasteiger partial charge on any atom is -0.477 e. The smallest absolute Gasteiger partial charge is 0.341 e. The highest BCUT2D eigenvalue weighted by Crippen LogP contribution is 2.23. The number of nitrogens with one attached hydrogen (secondary N) is 1. The van der Waals surface area contributed by atoms with E-state index in [9.17, 15) is 22.8 Å². The summed E-state index contributed by atoms with van der Waals surface area (Å²) in [4.78, 5) is 26.9. The molecule has 10 heteroatoms. The Morgan fingerprint density at radius 3 is 2.36 bits per heavy atom. The predicted octanol–water partition coefficient (Wildman–Crippen LogP) is 4.07. The fraction of sp³-hybridized carbons (Fsp3) is 0. The van der Waals surface area contributed by atoms with Crippen molar-refractivity contribution in [2.75, 3.05) is 5.32 Å². The standard InChI is InChI=1S/C15H7Cl2F3N2O3/c16-13-7(4-10(20)14(17)22-13)12(23)8(15(24)25)5-21-11-2-1-6(18)3-9(11)19/h1-5,21H,(H,24,25). The van der Waals surface area contributed by atoms with Crippen LogP contribution in [0.1, 0.15) is 10.4 Å². The zero-order valence-electron chi connectivity index (χ0n) is 12.0. The van der Waals surface area contributed by atoms with Crippen LogP contribution in [-0.2, 0) is 4.79 Å². The van der Waals surface area contributed by atoms with Gasteiger partial charge in [-0.3, -0.25) is 4.79 Å². The number of carboxylic acids is 1. The summed E-state index contributed by atoms with van der Waals surface area (Å²) in [6.07, 6.45) is 0.670. The maximum atomic E-state index is 13.5. The van der Waals surface area contributed by atoms with Crippen molar-refractivity contribution >= 4 is 40.6 Å². The lowest BCUT2D eigenvalue weighted by atomic mass is 10.1. The molecule has 0 saturated carbocycles. The number of carbonyl (C=O) groups excluding carboxylic acids is 1. The number of halogens is 5. The number of benzene rings is 1. The first-order chi connectivity index (χ1) is 11.7. The number of aliphatic carboxylic acids is 1. The van der Waals surface area contributed by atoms with E-state index < -0.39 is 50.6 Å². The van der Waals surface area contributed by atoms with E-state index in [1.165, 1.54) is 0 Å². The van der Waals surface area contributed by atoms with Gasteiger partial charge in [0.25, 0.3) is 0 Å². The van der Waals surface area contributed by atoms with E-state index in [0.29, 0.717) is 18.3 Å². The highest BCUT2D eigenvalue weighted by atomic mass is 35.5. The average molecular weight is 391 g/mol. The summed E-state index contributed by atoms with van der Waals surface area (Å²) in [5.74, 6) is -5.79. The van der Waals surface area contributed by atoms with Gasteiger partial charge in [-0.05, 0) is 18.2 Å². The van der Waals surface area contributed by atoms with Gasteiger partial charge >= 0.3 is 5.97 Å². The molecule has 0 radical (unpaired) electrons. The minimum absolute atomic E-state index is 0.278. The molecule has 2 N–H and O–H groups in total. The van der Waals surface area contributed by atoms with Crippen LogP contribution < -0.4 is 5.32 Å². The first kappa shape index (κ1) is 18.8. The first-order valence-electron chi connectivity index (χ1n) is 6.42. The molecule has 0 amide bonds. The van der Waals surface area contributed by atoms with Crippen LogP contribution in [0.25, 0.3) is 0 Å². The summed E-state index contributed by atoms with van der Waals surface area (Å²) in [5.41, 5.74) is -1.70. The normalized spacial score (nSPS) is 11.3. The lowest BCUT2D eigenvalue weighted by Crippen LogP contribution is -2.15. The molecule has 2 rings (SSSR count). The van der Waals surface area contributed by atoms with Gasteiger partial charge in [-0.25, -0.2) is 22.9 Å². The van der Waals surface area contributed by atoms with Crippen molar-refractivity contribution < 1.29 is 27.9 Å². The van der Waals surface area contributed by atoms with E-state index in [1.54, 1.807) is 0 Å². The lowest BCUT2D eigenvalue weighted by molar-refractivity contribution is -0.132. The maximum absolute atomic E-state index is 13.5. The molecule has 0 aliphatic carbocycles. The summed E-state index contributed by atoms with van der Waals surface area (Å²) in [6, 6.07) is 3.13. The van der Waals surface area contributed by atoms with Crippen LogP contribution in [0, 0.1) is 17.5 Å². The fourth-order valence-corrected chi connectivity index (χ4v) is 2.14. The molecule has 0 spiro atoms. The number of anilines is 1. The molecule has 0 unspecified atom stereocenters. The second kappa shape index (κ2) is 7.54. The number of carboxylic acid groups (broad SMARTS) is 1. The van der Waals surface area contributed by atoms with Gasteiger partial charge in [0.05, 0.1) is 11.3 Å². The van der Waals surface area contributed by atoms with Crippen molar-refractivity contribution in [3.8, 4) is 0 Å². The van der Waals surface area contributed by atoms with Gasteiger partial charge in [0, 0.05) is 12.3 Å². The lowest BCUT2D eigenvalue weighted by Gasteiger charge is -2.07. The third-order valence-corrected chi connectivity index (χ3v) is 3.46. The number of pyridine rings is 1. The quantitative estimate of drug-likeness (QED) is 0.264. The van der Waals surface area contributed by atoms with Gasteiger partial charge < -0.3 is 10.4 Å². The number of hydrogen-bond acceptors (Lipinski definition) is 4. The van der Waals surface area contributed by atoms with Gasteiger partial charge in [-0.2, -0.15) is 0 Å². The first-order valence-corrected chi connectivity index (χ1v) is 7.17. The molecule has 5 nitrogen and oxygen atoms in total. The number of carbonyl (C=O) groups is 2. The van der Waals surface area contributed by atoms with Crippen molar-refractivity contribution in [2.24, 2.45) is 0 Å². The maximum Gasteiger partial charge on any atom is 0.341 e. The number of Topliss-reactive ketones (excluding diaryl/α,β-unsaturated/α-hetero) is 1. The highest BCUT2D eigenvalue weighted by Gasteiger charge is 2.24. The number of ketones is 1. The molecule has 0 bridgehead atoms. The number of aromatic nitrogens is 1. The Hall–Kier alpha value is -2.58. The monoisotopic (exact) mass is 390 g/mol. The summed E-state index contributed by atoms with van der Waals surface area (Å²) in [7, 11) is 0. The third-order valence-electron chi connectivity index (χ3n) is 2.91. The molecular weight excluding hydrogens is 384 g/mol. The molecule has 0 aliphatic rings. The van der Waals surface area contributed by atoms with E-state index in [4.69, 9.17) is 28.3 Å². The molecule has 1 heterocycles. The largest absolute Gasteiger partial charge is 0.477 e. The van der Waals surface area contributed by atoms with E-state index in [-0.39, 0.29) is 5.69 Å². The van der Waals surface area contributed by atoms with Gasteiger partial charge in [0.2, 0.25) is 5.78 Å². The fourth-order valence-electron chi connectivity index (χ4n) is 1.73. The van der Waals surface area contributed by atoms with Crippen molar-refractivity contribution in [1.29, 1.82) is 0 Å². The molecule has 25 heavy (non-hydrogen) atoms. The Balaban J connectivity index is 2.39. The van der Waals surface area contributed by atoms with Gasteiger partial charge in [0.1, 0.15) is 22.4 Å². The number of nitrogens with zero attached hydrogens (tertiary/aromatic N) is 1. The van der Waals surface area contributed by atoms with Gasteiger partial charge in [-0.1, -0.05) is 23.2 Å². The molecule has 2 aromatic rings. The van der Waals surface area contributed by atoms with E-state index in [0.717, 1.165) is 12.1 Å². The average Bonchev–Trinajstić information content (AvgIpc) is 2.52. The molecule has 0 aliphatic heterocycles. The van der Waals surface area contributed by atoms with Crippen LogP contribution in [-0.4, -0.2) is 21.8 Å². The molecule has 1 aromatic carbocycles. The number of rotatable bonds is 5. The van der Waals surface area contributed by atoms with Crippen molar-refractivity contribution in [1.82, 2.24) is 4.98 Å². The third kappa shape index (κ3) is 4.28. The summed E-state index contributed by atoms with van der Waals surface area (Å²) >= 11 is 11.1. The zero-order valence-corrected chi connectivity index (χ0v) is 13.5. The SMILES string of the molecule is O=C(O)C(=CNc1ccc(F)cc1F)C(=O)c1cc(F)c(Cl)nc1Cl. The Labute approximate surface area is 148 Å². The van der Waals surface area contributed by atoms with Crippen molar-refractivity contribution in [3.63, 3.8) is 0 Å². The van der Waals surface area contributed by atoms with Crippen LogP contribution in [0.3, 0.4) is 0 Å². The van der Waals surface area contributed by atoms with Crippen LogP contribution in [0.5, 0.6) is 0 Å². The van der Waals surface area contributed by atoms with E-state index >= 15 is 0 Å². The Kier molecular flexibility index (Phi) is 5.66. The summed E-state index contributed by atoms with van der Waals surface area (Å²) in [6.45, 7) is 0. The molecule has 0 saturated heterocycles. The second-order valence-corrected chi connectivity index (χ2v) is 5.28. The Morgan fingerprint density at radius 2 is 1.76 bits per heavy atom. The van der Waals surface area contributed by atoms with Crippen LogP contribution in [0.2, 0.25) is 10.3 Å². The topological polar surface area (TPSA) is 79.3 Å². The van der Waals surface area contributed by atoms with Crippen LogP contribution in [0.15, 0.2) is 36.0 Å². The van der Waals surface area contributed by atoms with Crippen molar-refractivity contribution in [3.05, 3.63) is 69.4 Å². The molecule has 1 aromatic heterocycles. The van der Waals surface area contributed by atoms with E-state index in [2.05, 4.69) is 10.3 Å². The van der Waals surface area contributed by atoms with E-state index in [1.807, 2.05) is 0 Å². The highest BCUT2D eigenvalue weighted by molar-refractivity contribution is 6.37. The summed E-state index contributed by atoms with van der Waals surface area (Å²) in [5, 5.41) is 10.3. The molecular formula is C15H7Cl2F3N2O3. The second-order valence-electron chi connectivity index (χ2n) is 4.56. The number of hydrogen-bond donors (Lipinski definition) is 2. The minimum atomic E-state index is -1.69.